The molecule has 19 heavy (non-hydrogen) atoms. The van der Waals surface area contributed by atoms with Gasteiger partial charge in [-0.1, -0.05) is 19.3 Å². The van der Waals surface area contributed by atoms with Gasteiger partial charge in [-0.3, -0.25) is 9.59 Å². The van der Waals surface area contributed by atoms with Crippen LogP contribution in [0.15, 0.2) is 16.8 Å². The van der Waals surface area contributed by atoms with Crippen LogP contribution in [0.2, 0.25) is 0 Å². The molecular formula is C14H19NO3S. The van der Waals surface area contributed by atoms with Gasteiger partial charge >= 0.3 is 5.97 Å². The van der Waals surface area contributed by atoms with E-state index < -0.39 is 11.9 Å². The van der Waals surface area contributed by atoms with Gasteiger partial charge in [-0.05, 0) is 35.2 Å². The predicted molar refractivity (Wildman–Crippen MR) is 74.2 cm³/mol. The lowest BCUT2D eigenvalue weighted by Gasteiger charge is -2.22. The van der Waals surface area contributed by atoms with Crippen LogP contribution >= 0.6 is 11.3 Å². The van der Waals surface area contributed by atoms with Gasteiger partial charge in [-0.25, -0.2) is 0 Å². The van der Waals surface area contributed by atoms with Crippen LogP contribution in [0.1, 0.15) is 37.7 Å². The molecule has 4 nitrogen and oxygen atoms in total. The van der Waals surface area contributed by atoms with Gasteiger partial charge < -0.3 is 10.4 Å². The summed E-state index contributed by atoms with van der Waals surface area (Å²) in [6.07, 6.45) is 4.76. The summed E-state index contributed by atoms with van der Waals surface area (Å²) in [6.45, 7) is 0. The molecule has 2 rings (SSSR count). The van der Waals surface area contributed by atoms with E-state index in [-0.39, 0.29) is 11.9 Å². The molecular weight excluding hydrogens is 262 g/mol. The Kier molecular flexibility index (Phi) is 4.96. The quantitative estimate of drug-likeness (QED) is 0.833. The van der Waals surface area contributed by atoms with E-state index >= 15 is 0 Å². The van der Waals surface area contributed by atoms with Crippen LogP contribution < -0.4 is 5.32 Å². The first-order chi connectivity index (χ1) is 9.16. The largest absolute Gasteiger partial charge is 0.481 e. The predicted octanol–water partition coefficient (Wildman–Crippen LogP) is 2.44. The summed E-state index contributed by atoms with van der Waals surface area (Å²) < 4.78 is 0. The first kappa shape index (κ1) is 14.1. The Morgan fingerprint density at radius 3 is 2.79 bits per heavy atom. The molecule has 1 aliphatic carbocycles. The molecule has 0 spiro atoms. The molecule has 0 aliphatic heterocycles. The van der Waals surface area contributed by atoms with E-state index in [1.54, 1.807) is 11.3 Å². The van der Waals surface area contributed by atoms with E-state index in [1.165, 1.54) is 0 Å². The monoisotopic (exact) mass is 281 g/mol. The van der Waals surface area contributed by atoms with E-state index in [0.717, 1.165) is 31.2 Å². The molecule has 0 aromatic carbocycles. The standard InChI is InChI=1S/C14H19NO3S/c16-13(8-10-6-7-19-9-10)15-12-5-3-1-2-4-11(12)14(17)18/h6-7,9,11-12H,1-5,8H2,(H,15,16)(H,17,18)/t11-,12+/m1/s1. The molecule has 5 heteroatoms. The molecule has 0 bridgehead atoms. The maximum absolute atomic E-state index is 12.0. The molecule has 1 heterocycles. The van der Waals surface area contributed by atoms with Crippen LogP contribution in [0.5, 0.6) is 0 Å². The zero-order valence-corrected chi connectivity index (χ0v) is 11.6. The summed E-state index contributed by atoms with van der Waals surface area (Å²) in [4.78, 5) is 23.2. The summed E-state index contributed by atoms with van der Waals surface area (Å²) in [7, 11) is 0. The lowest BCUT2D eigenvalue weighted by molar-refractivity contribution is -0.143. The zero-order chi connectivity index (χ0) is 13.7. The summed E-state index contributed by atoms with van der Waals surface area (Å²) in [5.74, 6) is -1.30. The Labute approximate surface area is 116 Å². The van der Waals surface area contributed by atoms with Crippen molar-refractivity contribution in [2.24, 2.45) is 5.92 Å². The molecule has 0 unspecified atom stereocenters. The van der Waals surface area contributed by atoms with Crippen molar-refractivity contribution < 1.29 is 14.7 Å². The number of carboxylic acids is 1. The maximum Gasteiger partial charge on any atom is 0.308 e. The molecule has 0 radical (unpaired) electrons. The fourth-order valence-electron chi connectivity index (χ4n) is 2.61. The van der Waals surface area contributed by atoms with Crippen LogP contribution in [0.25, 0.3) is 0 Å². The van der Waals surface area contributed by atoms with Crippen LogP contribution in [0.4, 0.5) is 0 Å². The van der Waals surface area contributed by atoms with Crippen LogP contribution in [-0.4, -0.2) is 23.0 Å². The van der Waals surface area contributed by atoms with Gasteiger partial charge in [0.2, 0.25) is 5.91 Å². The minimum absolute atomic E-state index is 0.0726. The SMILES string of the molecule is O=C(Cc1ccsc1)N[C@H]1CCCCC[C@H]1C(=O)O. The highest BCUT2D eigenvalue weighted by Crippen LogP contribution is 2.24. The Bertz CT molecular complexity index is 430. The van der Waals surface area contributed by atoms with Gasteiger partial charge in [0, 0.05) is 6.04 Å². The van der Waals surface area contributed by atoms with E-state index in [0.29, 0.717) is 12.8 Å². The van der Waals surface area contributed by atoms with Crippen molar-refractivity contribution in [3.05, 3.63) is 22.4 Å². The number of rotatable bonds is 4. The average Bonchev–Trinajstić information content (AvgIpc) is 2.73. The second kappa shape index (κ2) is 6.70. The first-order valence-electron chi connectivity index (χ1n) is 6.70. The fraction of sp³-hybridized carbons (Fsp3) is 0.571. The first-order valence-corrected chi connectivity index (χ1v) is 7.64. The number of aliphatic carboxylic acids is 1. The number of carbonyl (C=O) groups excluding carboxylic acids is 1. The third-order valence-electron chi connectivity index (χ3n) is 3.62. The summed E-state index contributed by atoms with van der Waals surface area (Å²) in [6, 6.07) is 1.71. The van der Waals surface area contributed by atoms with Gasteiger partial charge in [0.1, 0.15) is 0 Å². The maximum atomic E-state index is 12.0. The molecule has 1 amide bonds. The van der Waals surface area contributed by atoms with Gasteiger partial charge in [0.15, 0.2) is 0 Å². The van der Waals surface area contributed by atoms with Crippen LogP contribution in [0, 0.1) is 5.92 Å². The molecule has 2 atom stereocenters. The number of hydrogen-bond donors (Lipinski definition) is 2. The van der Waals surface area contributed by atoms with Crippen molar-refractivity contribution in [3.63, 3.8) is 0 Å². The topological polar surface area (TPSA) is 66.4 Å². The molecule has 1 aliphatic rings. The second-order valence-electron chi connectivity index (χ2n) is 5.07. The number of amides is 1. The third kappa shape index (κ3) is 4.06. The number of nitrogens with one attached hydrogen (secondary N) is 1. The molecule has 104 valence electrons. The molecule has 1 aromatic rings. The normalized spacial score (nSPS) is 23.6. The van der Waals surface area contributed by atoms with E-state index in [1.807, 2.05) is 16.8 Å². The fourth-order valence-corrected chi connectivity index (χ4v) is 3.28. The van der Waals surface area contributed by atoms with E-state index in [9.17, 15) is 14.7 Å². The third-order valence-corrected chi connectivity index (χ3v) is 4.36. The Morgan fingerprint density at radius 2 is 2.11 bits per heavy atom. The minimum atomic E-state index is -0.789. The molecule has 1 saturated carbocycles. The lowest BCUT2D eigenvalue weighted by atomic mass is 9.94. The van der Waals surface area contributed by atoms with Crippen molar-refractivity contribution in [2.45, 2.75) is 44.6 Å². The zero-order valence-electron chi connectivity index (χ0n) is 10.8. The minimum Gasteiger partial charge on any atom is -0.481 e. The molecule has 1 aromatic heterocycles. The van der Waals surface area contributed by atoms with Crippen LogP contribution in [0.3, 0.4) is 0 Å². The van der Waals surface area contributed by atoms with E-state index in [4.69, 9.17) is 0 Å². The number of hydrogen-bond acceptors (Lipinski definition) is 3. The molecule has 2 N–H and O–H groups in total. The number of carbonyl (C=O) groups is 2. The Hall–Kier alpha value is -1.36. The van der Waals surface area contributed by atoms with E-state index in [2.05, 4.69) is 5.32 Å². The van der Waals surface area contributed by atoms with Crippen molar-refractivity contribution in [1.82, 2.24) is 5.32 Å². The average molecular weight is 281 g/mol. The highest BCUT2D eigenvalue weighted by molar-refractivity contribution is 7.07. The second-order valence-corrected chi connectivity index (χ2v) is 5.85. The molecule has 0 saturated heterocycles. The van der Waals surface area contributed by atoms with Gasteiger partial charge in [0.05, 0.1) is 12.3 Å². The summed E-state index contributed by atoms with van der Waals surface area (Å²) in [5.41, 5.74) is 0.989. The smallest absolute Gasteiger partial charge is 0.308 e. The van der Waals surface area contributed by atoms with Crippen molar-refractivity contribution in [2.75, 3.05) is 0 Å². The highest BCUT2D eigenvalue weighted by Gasteiger charge is 2.30. The van der Waals surface area contributed by atoms with Crippen molar-refractivity contribution >= 4 is 23.2 Å². The number of carboxylic acid groups (broad SMARTS) is 1. The summed E-state index contributed by atoms with van der Waals surface area (Å²) in [5, 5.41) is 16.1. The van der Waals surface area contributed by atoms with Gasteiger partial charge in [-0.2, -0.15) is 11.3 Å². The Morgan fingerprint density at radius 1 is 1.32 bits per heavy atom. The van der Waals surface area contributed by atoms with Crippen molar-refractivity contribution in [3.8, 4) is 0 Å². The number of thiophene rings is 1. The Balaban J connectivity index is 1.94. The summed E-state index contributed by atoms with van der Waals surface area (Å²) >= 11 is 1.56. The van der Waals surface area contributed by atoms with Crippen molar-refractivity contribution in [1.29, 1.82) is 0 Å². The molecule has 1 fully saturated rings. The lowest BCUT2D eigenvalue weighted by Crippen LogP contribution is -2.43. The van der Waals surface area contributed by atoms with Crippen LogP contribution in [-0.2, 0) is 16.0 Å². The van der Waals surface area contributed by atoms with Gasteiger partial charge in [0.25, 0.3) is 0 Å². The highest BCUT2D eigenvalue weighted by atomic mass is 32.1. The van der Waals surface area contributed by atoms with Gasteiger partial charge in [-0.15, -0.1) is 0 Å².